The zero-order valence-corrected chi connectivity index (χ0v) is 19.0. The van der Waals surface area contributed by atoms with Gasteiger partial charge in [0.15, 0.2) is 5.75 Å². The van der Waals surface area contributed by atoms with Crippen molar-refractivity contribution < 1.29 is 14.3 Å². The van der Waals surface area contributed by atoms with E-state index in [2.05, 4.69) is 5.32 Å². The summed E-state index contributed by atoms with van der Waals surface area (Å²) in [6.07, 6.45) is 0. The largest absolute Gasteiger partial charge is 0.454 e. The molecule has 0 atom stereocenters. The molecule has 0 bridgehead atoms. The van der Waals surface area contributed by atoms with Crippen molar-refractivity contribution in [3.63, 3.8) is 0 Å². The van der Waals surface area contributed by atoms with Gasteiger partial charge in [0.2, 0.25) is 5.91 Å². The number of carbonyl (C=O) groups excluding carboxylic acids is 2. The predicted molar refractivity (Wildman–Crippen MR) is 134 cm³/mol. The van der Waals surface area contributed by atoms with Crippen molar-refractivity contribution in [2.45, 2.75) is 12.8 Å². The molecular formula is C29H24N2O3. The van der Waals surface area contributed by atoms with Crippen molar-refractivity contribution in [3.05, 3.63) is 119 Å². The van der Waals surface area contributed by atoms with E-state index in [0.717, 1.165) is 16.7 Å². The summed E-state index contributed by atoms with van der Waals surface area (Å²) in [6.45, 7) is 1.97. The Morgan fingerprint density at radius 3 is 2.09 bits per heavy atom. The summed E-state index contributed by atoms with van der Waals surface area (Å²) in [7, 11) is 1.73. The minimum Gasteiger partial charge on any atom is -0.454 e. The maximum atomic E-state index is 13.5. The minimum atomic E-state index is -0.483. The first kappa shape index (κ1) is 21.5. The van der Waals surface area contributed by atoms with Crippen LogP contribution in [0.15, 0.2) is 97.1 Å². The Morgan fingerprint density at radius 1 is 0.824 bits per heavy atom. The summed E-state index contributed by atoms with van der Waals surface area (Å²) in [4.78, 5) is 28.3. The summed E-state index contributed by atoms with van der Waals surface area (Å²) < 4.78 is 6.07. The van der Waals surface area contributed by atoms with Crippen molar-refractivity contribution in [3.8, 4) is 11.5 Å². The van der Waals surface area contributed by atoms with Crippen LogP contribution in [0.3, 0.4) is 0 Å². The third-order valence-corrected chi connectivity index (χ3v) is 6.01. The minimum absolute atomic E-state index is 0.174. The molecule has 0 aliphatic carbocycles. The molecule has 0 radical (unpaired) electrons. The van der Waals surface area contributed by atoms with Gasteiger partial charge in [-0.3, -0.25) is 9.59 Å². The standard InChI is InChI=1S/C29H24N2O3/c1-19-13-15-26-24(17-19)31(2)29(33)23-18-22(14-16-25(23)34-26)30-28(32)27(20-9-5-3-6-10-20)21-11-7-4-8-12-21/h3-18,27H,1-2H3,(H,30,32). The van der Waals surface area contributed by atoms with Gasteiger partial charge in [-0.05, 0) is 53.9 Å². The van der Waals surface area contributed by atoms with Crippen LogP contribution in [0.5, 0.6) is 11.5 Å². The third-order valence-electron chi connectivity index (χ3n) is 6.01. The molecule has 0 spiro atoms. The first-order valence-corrected chi connectivity index (χ1v) is 11.1. The average Bonchev–Trinajstić information content (AvgIpc) is 2.95. The monoisotopic (exact) mass is 448 g/mol. The Bertz CT molecular complexity index is 1330. The highest BCUT2D eigenvalue weighted by Crippen LogP contribution is 2.39. The van der Waals surface area contributed by atoms with Crippen LogP contribution in [0.1, 0.15) is 33.0 Å². The second-order valence-corrected chi connectivity index (χ2v) is 8.39. The second-order valence-electron chi connectivity index (χ2n) is 8.39. The number of aryl methyl sites for hydroxylation is 1. The summed E-state index contributed by atoms with van der Waals surface area (Å²) in [5.41, 5.74) is 4.46. The van der Waals surface area contributed by atoms with Gasteiger partial charge in [0.25, 0.3) is 5.91 Å². The Morgan fingerprint density at radius 2 is 1.44 bits per heavy atom. The van der Waals surface area contributed by atoms with E-state index in [4.69, 9.17) is 4.74 Å². The van der Waals surface area contributed by atoms with Gasteiger partial charge in [0, 0.05) is 12.7 Å². The van der Waals surface area contributed by atoms with E-state index in [1.165, 1.54) is 0 Å². The molecule has 0 aromatic heterocycles. The van der Waals surface area contributed by atoms with Gasteiger partial charge in [0.05, 0.1) is 17.2 Å². The molecule has 4 aromatic carbocycles. The Balaban J connectivity index is 1.47. The number of nitrogens with one attached hydrogen (secondary N) is 1. The maximum Gasteiger partial charge on any atom is 0.261 e. The first-order chi connectivity index (χ1) is 16.5. The lowest BCUT2D eigenvalue weighted by Crippen LogP contribution is -2.26. The SMILES string of the molecule is Cc1ccc2c(c1)N(C)C(=O)c1cc(NC(=O)C(c3ccccc3)c3ccccc3)ccc1O2. The zero-order chi connectivity index (χ0) is 23.7. The Kier molecular flexibility index (Phi) is 5.60. The smallest absolute Gasteiger partial charge is 0.261 e. The van der Waals surface area contributed by atoms with Gasteiger partial charge in [-0.25, -0.2) is 0 Å². The van der Waals surface area contributed by atoms with Crippen molar-refractivity contribution >= 4 is 23.2 Å². The number of ether oxygens (including phenoxy) is 1. The van der Waals surface area contributed by atoms with Crippen molar-refractivity contribution in [1.82, 2.24) is 0 Å². The molecule has 34 heavy (non-hydrogen) atoms. The van der Waals surface area contributed by atoms with Gasteiger partial charge in [0.1, 0.15) is 5.75 Å². The molecule has 1 N–H and O–H groups in total. The van der Waals surface area contributed by atoms with E-state index in [9.17, 15) is 9.59 Å². The Hall–Kier alpha value is -4.38. The highest BCUT2D eigenvalue weighted by molar-refractivity contribution is 6.10. The molecule has 168 valence electrons. The normalized spacial score (nSPS) is 12.4. The fourth-order valence-corrected chi connectivity index (χ4v) is 4.25. The van der Waals surface area contributed by atoms with Crippen LogP contribution in [-0.2, 0) is 4.79 Å². The lowest BCUT2D eigenvalue weighted by atomic mass is 9.90. The quantitative estimate of drug-likeness (QED) is 0.407. The van der Waals surface area contributed by atoms with Gasteiger partial charge >= 0.3 is 0 Å². The van der Waals surface area contributed by atoms with E-state index < -0.39 is 5.92 Å². The molecule has 2 amide bonds. The van der Waals surface area contributed by atoms with E-state index in [1.54, 1.807) is 30.1 Å². The van der Waals surface area contributed by atoms with Gasteiger partial charge in [-0.2, -0.15) is 0 Å². The highest BCUT2D eigenvalue weighted by atomic mass is 16.5. The van der Waals surface area contributed by atoms with Crippen LogP contribution in [0, 0.1) is 6.92 Å². The molecule has 1 aliphatic heterocycles. The number of carbonyl (C=O) groups is 2. The number of hydrogen-bond acceptors (Lipinski definition) is 3. The van der Waals surface area contributed by atoms with E-state index in [0.29, 0.717) is 28.4 Å². The number of anilines is 2. The lowest BCUT2D eigenvalue weighted by Gasteiger charge is -2.19. The lowest BCUT2D eigenvalue weighted by molar-refractivity contribution is -0.116. The summed E-state index contributed by atoms with van der Waals surface area (Å²) in [5, 5.41) is 3.01. The number of benzene rings is 4. The number of hydrogen-bond donors (Lipinski definition) is 1. The topological polar surface area (TPSA) is 58.6 Å². The zero-order valence-electron chi connectivity index (χ0n) is 19.0. The first-order valence-electron chi connectivity index (χ1n) is 11.1. The molecule has 0 saturated heterocycles. The number of rotatable bonds is 4. The third kappa shape index (κ3) is 4.04. The van der Waals surface area contributed by atoms with Crippen molar-refractivity contribution in [1.29, 1.82) is 0 Å². The van der Waals surface area contributed by atoms with Crippen LogP contribution in [0.4, 0.5) is 11.4 Å². The van der Waals surface area contributed by atoms with Crippen LogP contribution in [0.25, 0.3) is 0 Å². The average molecular weight is 449 g/mol. The predicted octanol–water partition coefficient (Wildman–Crippen LogP) is 6.15. The van der Waals surface area contributed by atoms with Crippen LogP contribution < -0.4 is 15.0 Å². The molecule has 4 aromatic rings. The maximum absolute atomic E-state index is 13.5. The molecule has 0 fully saturated rings. The fourth-order valence-electron chi connectivity index (χ4n) is 4.25. The molecule has 0 unspecified atom stereocenters. The summed E-state index contributed by atoms with van der Waals surface area (Å²) in [5.74, 6) is 0.220. The molecule has 0 saturated carbocycles. The van der Waals surface area contributed by atoms with Gasteiger partial charge in [-0.1, -0.05) is 66.7 Å². The molecule has 1 aliphatic rings. The van der Waals surface area contributed by atoms with Crippen LogP contribution in [0.2, 0.25) is 0 Å². The van der Waals surface area contributed by atoms with Crippen molar-refractivity contribution in [2.75, 3.05) is 17.3 Å². The molecule has 1 heterocycles. The van der Waals surface area contributed by atoms with Gasteiger partial charge < -0.3 is 15.0 Å². The molecule has 5 nitrogen and oxygen atoms in total. The van der Waals surface area contributed by atoms with E-state index in [1.807, 2.05) is 85.8 Å². The summed E-state index contributed by atoms with van der Waals surface area (Å²) >= 11 is 0. The molecule has 5 heteroatoms. The number of nitrogens with zero attached hydrogens (tertiary/aromatic N) is 1. The van der Waals surface area contributed by atoms with Crippen LogP contribution >= 0.6 is 0 Å². The van der Waals surface area contributed by atoms with Crippen LogP contribution in [-0.4, -0.2) is 18.9 Å². The molecular weight excluding hydrogens is 424 g/mol. The van der Waals surface area contributed by atoms with Gasteiger partial charge in [-0.15, -0.1) is 0 Å². The van der Waals surface area contributed by atoms with E-state index in [-0.39, 0.29) is 11.8 Å². The highest BCUT2D eigenvalue weighted by Gasteiger charge is 2.27. The Labute approximate surface area is 198 Å². The van der Waals surface area contributed by atoms with Crippen molar-refractivity contribution in [2.24, 2.45) is 0 Å². The summed E-state index contributed by atoms with van der Waals surface area (Å²) in [6, 6.07) is 30.2. The second kappa shape index (κ2) is 8.87. The number of amides is 2. The fraction of sp³-hybridized carbons (Fsp3) is 0.103. The molecule has 5 rings (SSSR count). The van der Waals surface area contributed by atoms with E-state index >= 15 is 0 Å². The number of fused-ring (bicyclic) bond motifs is 2.